The topological polar surface area (TPSA) is 52.6 Å². The maximum atomic E-state index is 14.3. The van der Waals surface area contributed by atoms with Gasteiger partial charge in [-0.2, -0.15) is 0 Å². The van der Waals surface area contributed by atoms with E-state index in [2.05, 4.69) is 25.7 Å². The zero-order valence-electron chi connectivity index (χ0n) is 14.2. The van der Waals surface area contributed by atoms with Gasteiger partial charge in [0.1, 0.15) is 5.82 Å². The smallest absolute Gasteiger partial charge is 0.274 e. The van der Waals surface area contributed by atoms with Gasteiger partial charge in [-0.05, 0) is 42.4 Å². The molecule has 1 aliphatic heterocycles. The molecule has 0 saturated carbocycles. The van der Waals surface area contributed by atoms with E-state index >= 15 is 0 Å². The number of benzene rings is 1. The fourth-order valence-corrected chi connectivity index (χ4v) is 3.43. The third kappa shape index (κ3) is 4.52. The van der Waals surface area contributed by atoms with Gasteiger partial charge >= 0.3 is 0 Å². The molecule has 1 atom stereocenters. The van der Waals surface area contributed by atoms with Crippen LogP contribution in [0.25, 0.3) is 0 Å². The van der Waals surface area contributed by atoms with E-state index in [1.165, 1.54) is 12.5 Å². The summed E-state index contributed by atoms with van der Waals surface area (Å²) in [5.74, 6) is 0.284. The standard InChI is InChI=1S/C18H27FN2O2/c1-4-13(7-12(2)3)10-21-6-5-14-8-15(18(22)20-23)9-17(19)16(14)11-21/h8-9,12-13,23H,4-7,10-11H2,1-3H3,(H,20,22). The number of nitrogens with zero attached hydrogens (tertiary/aromatic N) is 1. The minimum Gasteiger partial charge on any atom is -0.298 e. The molecule has 1 unspecified atom stereocenters. The molecule has 1 amide bonds. The number of hydrogen-bond acceptors (Lipinski definition) is 3. The van der Waals surface area contributed by atoms with Crippen LogP contribution in [0, 0.1) is 17.7 Å². The fraction of sp³-hybridized carbons (Fsp3) is 0.611. The average molecular weight is 322 g/mol. The molecule has 1 aliphatic rings. The van der Waals surface area contributed by atoms with Crippen molar-refractivity contribution in [1.29, 1.82) is 0 Å². The second kappa shape index (κ2) is 7.88. The van der Waals surface area contributed by atoms with E-state index in [9.17, 15) is 9.18 Å². The molecule has 0 aliphatic carbocycles. The number of hydroxylamine groups is 1. The van der Waals surface area contributed by atoms with Crippen molar-refractivity contribution in [2.45, 2.75) is 46.6 Å². The fourth-order valence-electron chi connectivity index (χ4n) is 3.43. The minimum atomic E-state index is -0.669. The quantitative estimate of drug-likeness (QED) is 0.623. The minimum absolute atomic E-state index is 0.170. The van der Waals surface area contributed by atoms with Gasteiger partial charge in [-0.15, -0.1) is 0 Å². The van der Waals surface area contributed by atoms with E-state index in [0.717, 1.165) is 31.5 Å². The monoisotopic (exact) mass is 322 g/mol. The second-order valence-electron chi connectivity index (χ2n) is 6.93. The van der Waals surface area contributed by atoms with E-state index in [1.54, 1.807) is 11.5 Å². The summed E-state index contributed by atoms with van der Waals surface area (Å²) in [5, 5.41) is 8.69. The molecular formula is C18H27FN2O2. The Morgan fingerprint density at radius 2 is 2.17 bits per heavy atom. The van der Waals surface area contributed by atoms with Crippen molar-refractivity contribution in [3.8, 4) is 0 Å². The predicted octanol–water partition coefficient (Wildman–Crippen LogP) is 3.38. The lowest BCUT2D eigenvalue weighted by atomic mass is 9.92. The molecule has 1 aromatic carbocycles. The van der Waals surface area contributed by atoms with E-state index in [0.29, 0.717) is 23.9 Å². The van der Waals surface area contributed by atoms with Gasteiger partial charge in [-0.1, -0.05) is 27.2 Å². The summed E-state index contributed by atoms with van der Waals surface area (Å²) >= 11 is 0. The Bertz CT molecular complexity index is 560. The molecule has 0 saturated heterocycles. The molecule has 128 valence electrons. The second-order valence-corrected chi connectivity index (χ2v) is 6.93. The van der Waals surface area contributed by atoms with Crippen molar-refractivity contribution in [2.75, 3.05) is 13.1 Å². The van der Waals surface area contributed by atoms with Crippen molar-refractivity contribution < 1.29 is 14.4 Å². The summed E-state index contributed by atoms with van der Waals surface area (Å²) in [7, 11) is 0. The Labute approximate surface area is 137 Å². The first-order valence-corrected chi connectivity index (χ1v) is 8.42. The van der Waals surface area contributed by atoms with Gasteiger partial charge in [-0.3, -0.25) is 14.9 Å². The number of carbonyl (C=O) groups excluding carboxylic acids is 1. The van der Waals surface area contributed by atoms with Crippen molar-refractivity contribution >= 4 is 5.91 Å². The highest BCUT2D eigenvalue weighted by atomic mass is 19.1. The van der Waals surface area contributed by atoms with Crippen LogP contribution in [0.1, 0.15) is 55.1 Å². The third-order valence-electron chi connectivity index (χ3n) is 4.63. The van der Waals surface area contributed by atoms with Gasteiger partial charge < -0.3 is 0 Å². The van der Waals surface area contributed by atoms with Crippen LogP contribution in [0.15, 0.2) is 12.1 Å². The molecule has 5 heteroatoms. The number of hydrogen-bond donors (Lipinski definition) is 2. The van der Waals surface area contributed by atoms with E-state index < -0.39 is 5.91 Å². The first-order valence-electron chi connectivity index (χ1n) is 8.42. The molecule has 23 heavy (non-hydrogen) atoms. The number of fused-ring (bicyclic) bond motifs is 1. The third-order valence-corrected chi connectivity index (χ3v) is 4.63. The first-order chi connectivity index (χ1) is 10.9. The zero-order chi connectivity index (χ0) is 17.0. The number of rotatable bonds is 6. The van der Waals surface area contributed by atoms with Crippen LogP contribution in [0.3, 0.4) is 0 Å². The number of halogens is 1. The van der Waals surface area contributed by atoms with E-state index in [1.807, 2.05) is 0 Å². The Kier molecular flexibility index (Phi) is 6.13. The van der Waals surface area contributed by atoms with Crippen LogP contribution >= 0.6 is 0 Å². The Hall–Kier alpha value is -1.46. The molecule has 0 bridgehead atoms. The highest BCUT2D eigenvalue weighted by Gasteiger charge is 2.23. The summed E-state index contributed by atoms with van der Waals surface area (Å²) in [6, 6.07) is 2.89. The van der Waals surface area contributed by atoms with Crippen LogP contribution in [0.5, 0.6) is 0 Å². The number of nitrogens with one attached hydrogen (secondary N) is 1. The maximum absolute atomic E-state index is 14.3. The Balaban J connectivity index is 2.10. The molecular weight excluding hydrogens is 295 g/mol. The molecule has 2 rings (SSSR count). The maximum Gasteiger partial charge on any atom is 0.274 e. The van der Waals surface area contributed by atoms with E-state index in [4.69, 9.17) is 5.21 Å². The van der Waals surface area contributed by atoms with Crippen LogP contribution in [0.4, 0.5) is 4.39 Å². The summed E-state index contributed by atoms with van der Waals surface area (Å²) in [5.41, 5.74) is 3.29. The molecule has 2 N–H and O–H groups in total. The largest absolute Gasteiger partial charge is 0.298 e. The summed E-state index contributed by atoms with van der Waals surface area (Å²) < 4.78 is 14.3. The predicted molar refractivity (Wildman–Crippen MR) is 87.9 cm³/mol. The van der Waals surface area contributed by atoms with Crippen molar-refractivity contribution in [2.24, 2.45) is 11.8 Å². The highest BCUT2D eigenvalue weighted by Crippen LogP contribution is 2.26. The van der Waals surface area contributed by atoms with E-state index in [-0.39, 0.29) is 11.4 Å². The van der Waals surface area contributed by atoms with Gasteiger partial charge in [0.25, 0.3) is 5.91 Å². The van der Waals surface area contributed by atoms with Crippen molar-refractivity contribution in [3.63, 3.8) is 0 Å². The number of carbonyl (C=O) groups is 1. The highest BCUT2D eigenvalue weighted by molar-refractivity contribution is 5.93. The lowest BCUT2D eigenvalue weighted by Crippen LogP contribution is -2.35. The van der Waals surface area contributed by atoms with Crippen LogP contribution in [-0.4, -0.2) is 29.1 Å². The van der Waals surface area contributed by atoms with Crippen LogP contribution < -0.4 is 5.48 Å². The lowest BCUT2D eigenvalue weighted by Gasteiger charge is -2.32. The average Bonchev–Trinajstić information content (AvgIpc) is 2.53. The van der Waals surface area contributed by atoms with Crippen molar-refractivity contribution in [1.82, 2.24) is 10.4 Å². The molecule has 0 fully saturated rings. The summed E-state index contributed by atoms with van der Waals surface area (Å²) in [6.07, 6.45) is 3.06. The van der Waals surface area contributed by atoms with Crippen LogP contribution in [-0.2, 0) is 13.0 Å². The van der Waals surface area contributed by atoms with Gasteiger partial charge in [0.15, 0.2) is 0 Å². The van der Waals surface area contributed by atoms with Crippen LogP contribution in [0.2, 0.25) is 0 Å². The van der Waals surface area contributed by atoms with Gasteiger partial charge in [0.2, 0.25) is 0 Å². The van der Waals surface area contributed by atoms with Gasteiger partial charge in [0.05, 0.1) is 0 Å². The molecule has 1 heterocycles. The normalized spacial score (nSPS) is 16.3. The van der Waals surface area contributed by atoms with Gasteiger partial charge in [-0.25, -0.2) is 9.87 Å². The van der Waals surface area contributed by atoms with Crippen molar-refractivity contribution in [3.05, 3.63) is 34.6 Å². The molecule has 0 spiro atoms. The first kappa shape index (κ1) is 17.9. The lowest BCUT2D eigenvalue weighted by molar-refractivity contribution is 0.0705. The molecule has 0 radical (unpaired) electrons. The zero-order valence-corrected chi connectivity index (χ0v) is 14.2. The summed E-state index contributed by atoms with van der Waals surface area (Å²) in [4.78, 5) is 13.8. The number of amides is 1. The molecule has 4 nitrogen and oxygen atoms in total. The molecule has 0 aromatic heterocycles. The molecule has 1 aromatic rings. The Morgan fingerprint density at radius 3 is 2.78 bits per heavy atom. The SMILES string of the molecule is CCC(CC(C)C)CN1CCc2cc(C(=O)NO)cc(F)c2C1. The van der Waals surface area contributed by atoms with Gasteiger partial charge in [0, 0.05) is 30.8 Å². The Morgan fingerprint density at radius 1 is 1.43 bits per heavy atom. The summed E-state index contributed by atoms with van der Waals surface area (Å²) in [6.45, 7) is 9.16.